The maximum Gasteiger partial charge on any atom is 0.416 e. The van der Waals surface area contributed by atoms with Crippen molar-refractivity contribution in [2.24, 2.45) is 17.8 Å². The molecule has 2 aliphatic rings. The molecule has 1 nitrogen and oxygen atoms in total. The Labute approximate surface area is 174 Å². The van der Waals surface area contributed by atoms with Crippen LogP contribution in [0.4, 0.5) is 13.2 Å². The SMILES string of the molecule is C=C1CC[C@@H]2CC(C)CC=CC2N1[C@H](CC)C(C)C.FC(F)(F)c1ccccc1. The number of hydrogen-bond donors (Lipinski definition) is 0. The molecule has 0 saturated carbocycles. The van der Waals surface area contributed by atoms with Gasteiger partial charge in [0.05, 0.1) is 11.6 Å². The second kappa shape index (κ2) is 10.4. The average molecular weight is 408 g/mol. The van der Waals surface area contributed by atoms with E-state index >= 15 is 0 Å². The van der Waals surface area contributed by atoms with Gasteiger partial charge in [0.2, 0.25) is 0 Å². The Morgan fingerprint density at radius 1 is 1.17 bits per heavy atom. The van der Waals surface area contributed by atoms with Crippen LogP contribution in [0.1, 0.15) is 65.4 Å². The highest BCUT2D eigenvalue weighted by molar-refractivity contribution is 5.17. The number of benzene rings is 1. The zero-order chi connectivity index (χ0) is 21.6. The summed E-state index contributed by atoms with van der Waals surface area (Å²) in [5.41, 5.74) is 0.774. The minimum Gasteiger partial charge on any atom is -0.365 e. The van der Waals surface area contributed by atoms with E-state index in [9.17, 15) is 13.2 Å². The molecule has 0 amide bonds. The minimum absolute atomic E-state index is 0.602. The van der Waals surface area contributed by atoms with Crippen molar-refractivity contribution in [3.8, 4) is 0 Å². The Kier molecular flexibility index (Phi) is 8.42. The zero-order valence-electron chi connectivity index (χ0n) is 18.3. The van der Waals surface area contributed by atoms with E-state index < -0.39 is 11.7 Å². The highest BCUT2D eigenvalue weighted by Gasteiger charge is 2.37. The van der Waals surface area contributed by atoms with Crippen LogP contribution in [-0.4, -0.2) is 17.0 Å². The standard InChI is InChI=1S/C18H31N.C7H5F3/c1-6-17(13(2)3)19-15(5)10-11-16-12-14(4)8-7-9-18(16)19;8-7(9,10)6-4-2-1-3-5-6/h7,9,13-14,16-18H,5-6,8,10-12H2,1-4H3;1-5H/t14?,16-,17-,18?;/m1./s1. The van der Waals surface area contributed by atoms with Crippen LogP contribution in [-0.2, 0) is 6.18 Å². The van der Waals surface area contributed by atoms with E-state index in [-0.39, 0.29) is 0 Å². The Hall–Kier alpha value is -1.71. The minimum atomic E-state index is -4.21. The van der Waals surface area contributed by atoms with Gasteiger partial charge in [0, 0.05) is 11.7 Å². The van der Waals surface area contributed by atoms with E-state index in [1.807, 2.05) is 0 Å². The molecule has 0 radical (unpaired) electrons. The molecule has 1 aromatic rings. The molecule has 162 valence electrons. The maximum atomic E-state index is 11.8. The molecule has 4 heteroatoms. The monoisotopic (exact) mass is 407 g/mol. The van der Waals surface area contributed by atoms with E-state index in [1.165, 1.54) is 49.9 Å². The van der Waals surface area contributed by atoms with Gasteiger partial charge in [0.1, 0.15) is 0 Å². The maximum absolute atomic E-state index is 11.8. The Balaban J connectivity index is 0.000000253. The van der Waals surface area contributed by atoms with Crippen LogP contribution in [0.25, 0.3) is 0 Å². The predicted octanol–water partition coefficient (Wildman–Crippen LogP) is 7.71. The first-order valence-electron chi connectivity index (χ1n) is 10.9. The molecule has 1 aliphatic carbocycles. The molecular formula is C25H36F3N. The van der Waals surface area contributed by atoms with Crippen molar-refractivity contribution >= 4 is 0 Å². The van der Waals surface area contributed by atoms with Crippen molar-refractivity contribution in [3.05, 3.63) is 60.3 Å². The Morgan fingerprint density at radius 2 is 1.83 bits per heavy atom. The third-order valence-electron chi connectivity index (χ3n) is 6.20. The van der Waals surface area contributed by atoms with E-state index in [0.29, 0.717) is 18.0 Å². The van der Waals surface area contributed by atoms with Crippen LogP contribution >= 0.6 is 0 Å². The first kappa shape index (κ1) is 23.6. The quantitative estimate of drug-likeness (QED) is 0.464. The molecule has 0 N–H and O–H groups in total. The van der Waals surface area contributed by atoms with Gasteiger partial charge in [-0.1, -0.05) is 76.8 Å². The summed E-state index contributed by atoms with van der Waals surface area (Å²) in [7, 11) is 0. The van der Waals surface area contributed by atoms with Gasteiger partial charge in [-0.3, -0.25) is 0 Å². The second-order valence-electron chi connectivity index (χ2n) is 8.85. The van der Waals surface area contributed by atoms with Crippen molar-refractivity contribution in [1.82, 2.24) is 4.90 Å². The average Bonchev–Trinajstić information content (AvgIpc) is 2.85. The first-order chi connectivity index (χ1) is 13.6. The van der Waals surface area contributed by atoms with Crippen LogP contribution in [0, 0.1) is 17.8 Å². The van der Waals surface area contributed by atoms with Gasteiger partial charge in [-0.25, -0.2) is 0 Å². The summed E-state index contributed by atoms with van der Waals surface area (Å²) in [6, 6.07) is 7.62. The number of allylic oxidation sites excluding steroid dienone is 2. The molecule has 29 heavy (non-hydrogen) atoms. The Bertz CT molecular complexity index is 662. The topological polar surface area (TPSA) is 3.24 Å². The van der Waals surface area contributed by atoms with E-state index in [1.54, 1.807) is 6.07 Å². The summed E-state index contributed by atoms with van der Waals surface area (Å²) in [6.07, 6.45) is 7.11. The van der Waals surface area contributed by atoms with Crippen LogP contribution < -0.4 is 0 Å². The number of likely N-dealkylation sites (tertiary alicyclic amines) is 1. The van der Waals surface area contributed by atoms with Crippen LogP contribution in [0.2, 0.25) is 0 Å². The lowest BCUT2D eigenvalue weighted by atomic mass is 9.81. The summed E-state index contributed by atoms with van der Waals surface area (Å²) in [5, 5.41) is 0. The summed E-state index contributed by atoms with van der Waals surface area (Å²) in [6.45, 7) is 13.8. The molecule has 1 aromatic carbocycles. The number of piperidine rings is 1. The van der Waals surface area contributed by atoms with Gasteiger partial charge in [-0.05, 0) is 49.9 Å². The first-order valence-corrected chi connectivity index (χ1v) is 10.9. The number of alkyl halides is 3. The fourth-order valence-corrected chi connectivity index (χ4v) is 4.73. The number of fused-ring (bicyclic) bond motifs is 1. The summed E-state index contributed by atoms with van der Waals surface area (Å²) in [4.78, 5) is 2.67. The molecular weight excluding hydrogens is 371 g/mol. The molecule has 1 saturated heterocycles. The van der Waals surface area contributed by atoms with Crippen LogP contribution in [0.15, 0.2) is 54.8 Å². The predicted molar refractivity (Wildman–Crippen MR) is 115 cm³/mol. The van der Waals surface area contributed by atoms with Crippen LogP contribution in [0.3, 0.4) is 0 Å². The van der Waals surface area contributed by atoms with E-state index in [2.05, 4.69) is 51.3 Å². The number of halogens is 3. The highest BCUT2D eigenvalue weighted by atomic mass is 19.4. The van der Waals surface area contributed by atoms with Crippen molar-refractivity contribution in [3.63, 3.8) is 0 Å². The summed E-state index contributed by atoms with van der Waals surface area (Å²) in [5.74, 6) is 2.39. The second-order valence-corrected chi connectivity index (χ2v) is 8.85. The smallest absolute Gasteiger partial charge is 0.365 e. The number of hydrogen-bond acceptors (Lipinski definition) is 1. The zero-order valence-corrected chi connectivity index (χ0v) is 18.3. The summed E-state index contributed by atoms with van der Waals surface area (Å²) < 4.78 is 35.4. The lowest BCUT2D eigenvalue weighted by Crippen LogP contribution is -2.49. The van der Waals surface area contributed by atoms with Gasteiger partial charge < -0.3 is 4.90 Å². The normalized spacial score (nSPS) is 25.7. The molecule has 2 unspecified atom stereocenters. The molecule has 4 atom stereocenters. The number of nitrogens with zero attached hydrogens (tertiary/aromatic N) is 1. The van der Waals surface area contributed by atoms with E-state index in [0.717, 1.165) is 24.0 Å². The Morgan fingerprint density at radius 3 is 2.34 bits per heavy atom. The molecule has 3 rings (SSSR count). The molecule has 0 bridgehead atoms. The van der Waals surface area contributed by atoms with Crippen molar-refractivity contribution < 1.29 is 13.2 Å². The third-order valence-corrected chi connectivity index (χ3v) is 6.20. The largest absolute Gasteiger partial charge is 0.416 e. The van der Waals surface area contributed by atoms with Crippen molar-refractivity contribution in [1.29, 1.82) is 0 Å². The fourth-order valence-electron chi connectivity index (χ4n) is 4.73. The molecule has 1 heterocycles. The van der Waals surface area contributed by atoms with Gasteiger partial charge >= 0.3 is 6.18 Å². The van der Waals surface area contributed by atoms with E-state index in [4.69, 9.17) is 0 Å². The van der Waals surface area contributed by atoms with Gasteiger partial charge in [0.25, 0.3) is 0 Å². The summed E-state index contributed by atoms with van der Waals surface area (Å²) >= 11 is 0. The molecule has 1 fully saturated rings. The lowest BCUT2D eigenvalue weighted by molar-refractivity contribution is -0.137. The third kappa shape index (κ3) is 6.38. The molecule has 0 spiro atoms. The lowest BCUT2D eigenvalue weighted by Gasteiger charge is -2.48. The fraction of sp³-hybridized carbons (Fsp3) is 0.600. The van der Waals surface area contributed by atoms with Crippen molar-refractivity contribution in [2.75, 3.05) is 0 Å². The van der Waals surface area contributed by atoms with Gasteiger partial charge in [-0.2, -0.15) is 13.2 Å². The highest BCUT2D eigenvalue weighted by Crippen LogP contribution is 2.39. The van der Waals surface area contributed by atoms with Gasteiger partial charge in [-0.15, -0.1) is 0 Å². The molecule has 1 aliphatic heterocycles. The molecule has 0 aromatic heterocycles. The van der Waals surface area contributed by atoms with Crippen LogP contribution in [0.5, 0.6) is 0 Å². The van der Waals surface area contributed by atoms with Crippen molar-refractivity contribution in [2.45, 2.75) is 78.1 Å². The number of rotatable bonds is 3. The van der Waals surface area contributed by atoms with Gasteiger partial charge in [0.15, 0.2) is 0 Å².